The summed E-state index contributed by atoms with van der Waals surface area (Å²) in [5.41, 5.74) is 0.940. The van der Waals surface area contributed by atoms with E-state index in [4.69, 9.17) is 0 Å². The third-order valence-corrected chi connectivity index (χ3v) is 3.12. The minimum atomic E-state index is -1.82. The molecule has 0 aromatic carbocycles. The van der Waals surface area contributed by atoms with Crippen LogP contribution in [0.3, 0.4) is 0 Å². The molecule has 0 aliphatic carbocycles. The summed E-state index contributed by atoms with van der Waals surface area (Å²) >= 11 is 0. The summed E-state index contributed by atoms with van der Waals surface area (Å²) in [6, 6.07) is 0. The van der Waals surface area contributed by atoms with Crippen LogP contribution in [0.4, 0.5) is 0 Å². The van der Waals surface area contributed by atoms with Crippen molar-refractivity contribution in [1.29, 1.82) is 0 Å². The molecule has 52 valence electrons. The summed E-state index contributed by atoms with van der Waals surface area (Å²) in [4.78, 5) is 1.90. The zero-order valence-corrected chi connectivity index (χ0v) is 6.41. The molecule has 3 heteroatoms. The van der Waals surface area contributed by atoms with Crippen LogP contribution in [-0.4, -0.2) is 33.7 Å². The van der Waals surface area contributed by atoms with E-state index in [1.807, 2.05) is 11.9 Å². The van der Waals surface area contributed by atoms with Gasteiger partial charge in [0.1, 0.15) is 0 Å². The predicted octanol–water partition coefficient (Wildman–Crippen LogP) is 0.119. The summed E-state index contributed by atoms with van der Waals surface area (Å²) in [5.74, 6) is 4.74. The lowest BCUT2D eigenvalue weighted by Crippen LogP contribution is -2.11. The Morgan fingerprint density at radius 1 is 1.78 bits per heavy atom. The molecule has 0 bridgehead atoms. The lowest BCUT2D eigenvalue weighted by molar-refractivity contribution is 0.512. The topological polar surface area (TPSA) is 20.3 Å². The molecule has 1 saturated heterocycles. The van der Waals surface area contributed by atoms with Gasteiger partial charge in [-0.3, -0.25) is 4.21 Å². The van der Waals surface area contributed by atoms with Crippen molar-refractivity contribution in [3.63, 3.8) is 0 Å². The third kappa shape index (κ3) is 1.27. The molecule has 0 amide bonds. The van der Waals surface area contributed by atoms with Crippen LogP contribution in [0, 0.1) is 0 Å². The third-order valence-electron chi connectivity index (χ3n) is 1.40. The predicted molar refractivity (Wildman–Crippen MR) is 41.9 cm³/mol. The van der Waals surface area contributed by atoms with Crippen LogP contribution in [-0.2, 0) is 9.52 Å². The molecule has 1 rings (SSSR count). The first-order chi connectivity index (χ1) is 4.01. The number of hydrogen-bond acceptors (Lipinski definition) is 2. The van der Waals surface area contributed by atoms with Gasteiger partial charge in [-0.25, -0.2) is 0 Å². The van der Waals surface area contributed by atoms with E-state index in [1.165, 1.54) is 0 Å². The SMILES string of the molecule is C=C1CS(=C)(=O)CN1C. The highest BCUT2D eigenvalue weighted by atomic mass is 32.2. The van der Waals surface area contributed by atoms with Gasteiger partial charge in [0, 0.05) is 12.7 Å². The van der Waals surface area contributed by atoms with Crippen LogP contribution in [0.2, 0.25) is 0 Å². The molecule has 1 atom stereocenters. The molecule has 1 aliphatic heterocycles. The highest BCUT2D eigenvalue weighted by molar-refractivity contribution is 8.00. The Bertz CT molecular complexity index is 227. The van der Waals surface area contributed by atoms with Gasteiger partial charge >= 0.3 is 0 Å². The summed E-state index contributed by atoms with van der Waals surface area (Å²) in [6.07, 6.45) is 0. The molecule has 1 fully saturated rings. The van der Waals surface area contributed by atoms with E-state index in [2.05, 4.69) is 12.4 Å². The number of nitrogens with zero attached hydrogens (tertiary/aromatic N) is 1. The van der Waals surface area contributed by atoms with Gasteiger partial charge in [-0.15, -0.1) is 0 Å². The van der Waals surface area contributed by atoms with E-state index in [1.54, 1.807) is 0 Å². The number of hydrogen-bond donors (Lipinski definition) is 0. The second-order valence-electron chi connectivity index (χ2n) is 2.50. The largest absolute Gasteiger partial charge is 0.366 e. The summed E-state index contributed by atoms with van der Waals surface area (Å²) in [5, 5.41) is 0. The zero-order valence-electron chi connectivity index (χ0n) is 5.59. The van der Waals surface area contributed by atoms with Gasteiger partial charge in [-0.1, -0.05) is 6.58 Å². The molecule has 9 heavy (non-hydrogen) atoms. The van der Waals surface area contributed by atoms with Crippen molar-refractivity contribution in [3.8, 4) is 0 Å². The average molecular weight is 145 g/mol. The molecule has 1 heterocycles. The molecule has 0 spiro atoms. The van der Waals surface area contributed by atoms with E-state index < -0.39 is 9.52 Å². The van der Waals surface area contributed by atoms with Gasteiger partial charge in [0.15, 0.2) is 0 Å². The van der Waals surface area contributed by atoms with Crippen molar-refractivity contribution in [2.45, 2.75) is 0 Å². The van der Waals surface area contributed by atoms with Crippen molar-refractivity contribution in [1.82, 2.24) is 4.90 Å². The molecule has 0 saturated carbocycles. The first kappa shape index (κ1) is 6.68. The zero-order chi connectivity index (χ0) is 7.07. The quantitative estimate of drug-likeness (QED) is 0.451. The standard InChI is InChI=1S/C6H11NOS/c1-6-4-9(3,8)5-7(6)2/h1,3-5H2,2H3. The van der Waals surface area contributed by atoms with E-state index in [0.29, 0.717) is 11.6 Å². The molecule has 2 nitrogen and oxygen atoms in total. The first-order valence-corrected chi connectivity index (χ1v) is 4.79. The van der Waals surface area contributed by atoms with Crippen LogP contribution < -0.4 is 0 Å². The molecule has 0 aromatic heterocycles. The maximum Gasteiger partial charge on any atom is 0.0859 e. The minimum absolute atomic E-state index is 0.573. The second-order valence-corrected chi connectivity index (χ2v) is 4.98. The fourth-order valence-electron chi connectivity index (χ4n) is 0.904. The second kappa shape index (κ2) is 1.77. The number of rotatable bonds is 0. The monoisotopic (exact) mass is 145 g/mol. The van der Waals surface area contributed by atoms with Crippen LogP contribution in [0.1, 0.15) is 0 Å². The van der Waals surface area contributed by atoms with Crippen LogP contribution in [0.15, 0.2) is 12.3 Å². The molecule has 1 unspecified atom stereocenters. The van der Waals surface area contributed by atoms with Gasteiger partial charge < -0.3 is 4.90 Å². The van der Waals surface area contributed by atoms with Crippen LogP contribution in [0.5, 0.6) is 0 Å². The Labute approximate surface area is 56.2 Å². The highest BCUT2D eigenvalue weighted by Crippen LogP contribution is 2.13. The fraction of sp³-hybridized carbons (Fsp3) is 0.500. The average Bonchev–Trinajstić information content (AvgIpc) is 1.79. The van der Waals surface area contributed by atoms with Gasteiger partial charge in [0.05, 0.1) is 11.6 Å². The lowest BCUT2D eigenvalue weighted by atomic mass is 10.5. The van der Waals surface area contributed by atoms with Gasteiger partial charge in [0.2, 0.25) is 0 Å². The van der Waals surface area contributed by atoms with E-state index in [0.717, 1.165) is 5.70 Å². The maximum atomic E-state index is 11.2. The van der Waals surface area contributed by atoms with Crippen molar-refractivity contribution < 1.29 is 4.21 Å². The minimum Gasteiger partial charge on any atom is -0.366 e. The molecular formula is C6H11NOS. The fourth-order valence-corrected chi connectivity index (χ4v) is 2.71. The Morgan fingerprint density at radius 3 is 2.44 bits per heavy atom. The van der Waals surface area contributed by atoms with Gasteiger partial charge in [0.25, 0.3) is 0 Å². The van der Waals surface area contributed by atoms with Crippen molar-refractivity contribution >= 4 is 15.4 Å². The van der Waals surface area contributed by atoms with Crippen molar-refractivity contribution in [2.24, 2.45) is 0 Å². The summed E-state index contributed by atoms with van der Waals surface area (Å²) in [7, 11) is 0.0708. The molecule has 0 N–H and O–H groups in total. The van der Waals surface area contributed by atoms with Crippen LogP contribution >= 0.6 is 0 Å². The highest BCUT2D eigenvalue weighted by Gasteiger charge is 2.19. The van der Waals surface area contributed by atoms with Crippen molar-refractivity contribution in [3.05, 3.63) is 12.3 Å². The van der Waals surface area contributed by atoms with Gasteiger partial charge in [-0.05, 0) is 15.4 Å². The van der Waals surface area contributed by atoms with Crippen molar-refractivity contribution in [2.75, 3.05) is 18.7 Å². The Hall–Kier alpha value is -0.440. The Balaban J connectivity index is 2.90. The first-order valence-electron chi connectivity index (χ1n) is 2.73. The Kier molecular flexibility index (Phi) is 1.31. The van der Waals surface area contributed by atoms with Crippen LogP contribution in [0.25, 0.3) is 0 Å². The maximum absolute atomic E-state index is 11.2. The van der Waals surface area contributed by atoms with E-state index >= 15 is 0 Å². The van der Waals surface area contributed by atoms with Gasteiger partial charge in [-0.2, -0.15) is 0 Å². The normalized spacial score (nSPS) is 35.7. The molecule has 0 aromatic rings. The lowest BCUT2D eigenvalue weighted by Gasteiger charge is -2.07. The van der Waals surface area contributed by atoms with E-state index in [9.17, 15) is 4.21 Å². The van der Waals surface area contributed by atoms with E-state index in [-0.39, 0.29) is 0 Å². The summed E-state index contributed by atoms with van der Waals surface area (Å²) in [6.45, 7) is 3.74. The molecule has 0 radical (unpaired) electrons. The molecular weight excluding hydrogens is 134 g/mol. The summed E-state index contributed by atoms with van der Waals surface area (Å²) < 4.78 is 11.2. The smallest absolute Gasteiger partial charge is 0.0859 e. The molecule has 1 aliphatic rings. The Morgan fingerprint density at radius 2 is 2.33 bits per heavy atom.